The Kier molecular flexibility index (Phi) is 7.48. The summed E-state index contributed by atoms with van der Waals surface area (Å²) in [5.74, 6) is 6.98. The minimum absolute atomic E-state index is 0. The average Bonchev–Trinajstić information content (AvgIpc) is 3.45. The Hall–Kier alpha value is -3.83. The molecule has 7 rings (SSSR count). The standard InChI is InChI=1S/C24H16NO.C15H18GeN.Ir/c1-16-11-12-25-22(13-16)19-8-10-23-21(14-19)20-9-7-18(15-24(20)26-23)17-5-3-2-4-6-17;1-12-5-7-13(8-6-12)15-10-9-14(11-17-15)16(2,3)4;/h2-7,9-15H,1H3;5-7,9-11H,1-4H3;/q2*-1;/i2*1D3;. The van der Waals surface area contributed by atoms with E-state index >= 15 is 0 Å². The van der Waals surface area contributed by atoms with E-state index < -0.39 is 27.0 Å². The molecule has 4 aromatic carbocycles. The Morgan fingerprint density at radius 3 is 2.18 bits per heavy atom. The number of furan rings is 1. The molecule has 0 bridgehead atoms. The largest absolute Gasteiger partial charge is 0.500 e. The summed E-state index contributed by atoms with van der Waals surface area (Å²) in [6.07, 6.45) is 3.47. The summed E-state index contributed by atoms with van der Waals surface area (Å²) in [4.78, 5) is 8.82. The van der Waals surface area contributed by atoms with E-state index in [0.717, 1.165) is 49.9 Å². The van der Waals surface area contributed by atoms with Crippen molar-refractivity contribution in [3.8, 4) is 33.6 Å². The molecule has 0 aliphatic rings. The quantitative estimate of drug-likeness (QED) is 0.131. The zero-order chi connectivity index (χ0) is 35.0. The SMILES string of the molecule is [2H]C([2H])([2H])c1c[c-]c(-c2cc[c]([Ge]([CH3])([CH3])[CH3])cn2)cc1.[2H]C([2H])([2H])c1ccnc(-c2[c-]cc3oc4cc(-c5ccccc5)ccc4c3c2)c1.[Ir]. The van der Waals surface area contributed by atoms with Gasteiger partial charge in [-0.25, -0.2) is 0 Å². The van der Waals surface area contributed by atoms with Crippen LogP contribution in [-0.2, 0) is 20.1 Å². The monoisotopic (exact) mass is 819 g/mol. The predicted octanol–water partition coefficient (Wildman–Crippen LogP) is 9.82. The van der Waals surface area contributed by atoms with E-state index in [0.29, 0.717) is 11.3 Å². The maximum Gasteiger partial charge on any atom is 0.121 e. The van der Waals surface area contributed by atoms with Crippen LogP contribution in [0.4, 0.5) is 0 Å². The van der Waals surface area contributed by atoms with Gasteiger partial charge in [-0.05, 0) is 35.8 Å². The third-order valence-electron chi connectivity index (χ3n) is 7.27. The van der Waals surface area contributed by atoms with Crippen LogP contribution < -0.4 is 4.40 Å². The summed E-state index contributed by atoms with van der Waals surface area (Å²) in [5, 5.41) is 1.95. The molecule has 1 radical (unpaired) electrons. The first kappa shape index (κ1) is 24.5. The Labute approximate surface area is 284 Å². The summed E-state index contributed by atoms with van der Waals surface area (Å²) >= 11 is -1.83. The number of hydrogen-bond donors (Lipinski definition) is 0. The van der Waals surface area contributed by atoms with E-state index in [2.05, 4.69) is 69.7 Å². The van der Waals surface area contributed by atoms with Crippen molar-refractivity contribution in [1.29, 1.82) is 0 Å². The predicted molar refractivity (Wildman–Crippen MR) is 182 cm³/mol. The van der Waals surface area contributed by atoms with E-state index in [1.54, 1.807) is 24.3 Å². The van der Waals surface area contributed by atoms with Gasteiger partial charge < -0.3 is 9.40 Å². The van der Waals surface area contributed by atoms with Crippen molar-refractivity contribution in [2.24, 2.45) is 0 Å². The van der Waals surface area contributed by atoms with E-state index in [9.17, 15) is 0 Å². The fourth-order valence-electron chi connectivity index (χ4n) is 4.84. The van der Waals surface area contributed by atoms with Crippen LogP contribution in [0, 0.1) is 25.8 Å². The van der Waals surface area contributed by atoms with Gasteiger partial charge in [-0.1, -0.05) is 59.5 Å². The summed E-state index contributed by atoms with van der Waals surface area (Å²) in [6, 6.07) is 38.4. The molecular formula is C39H34GeIrN2O-2. The van der Waals surface area contributed by atoms with Gasteiger partial charge in [-0.15, -0.1) is 23.8 Å². The first-order valence-corrected chi connectivity index (χ1v) is 21.4. The second-order valence-electron chi connectivity index (χ2n) is 11.4. The molecule has 0 spiro atoms. The van der Waals surface area contributed by atoms with Crippen LogP contribution in [0.1, 0.15) is 19.4 Å². The number of aromatic nitrogens is 2. The first-order valence-electron chi connectivity index (χ1n) is 17.1. The van der Waals surface area contributed by atoms with Crippen LogP contribution in [-0.4, -0.2) is 23.2 Å². The van der Waals surface area contributed by atoms with Gasteiger partial charge in [0.1, 0.15) is 5.58 Å². The second-order valence-corrected chi connectivity index (χ2v) is 22.1. The molecule has 3 nitrogen and oxygen atoms in total. The van der Waals surface area contributed by atoms with Crippen LogP contribution in [0.5, 0.6) is 0 Å². The fourth-order valence-corrected chi connectivity index (χ4v) is 7.01. The number of benzene rings is 4. The topological polar surface area (TPSA) is 38.9 Å². The Balaban J connectivity index is 0.000000204. The van der Waals surface area contributed by atoms with Gasteiger partial charge in [-0.3, -0.25) is 0 Å². The van der Waals surface area contributed by atoms with Gasteiger partial charge in [-0.2, -0.15) is 0 Å². The molecule has 0 atom stereocenters. The van der Waals surface area contributed by atoms with Crippen LogP contribution in [0.2, 0.25) is 17.3 Å². The van der Waals surface area contributed by atoms with Crippen molar-refractivity contribution < 1.29 is 32.7 Å². The van der Waals surface area contributed by atoms with Crippen LogP contribution in [0.15, 0.2) is 120 Å². The van der Waals surface area contributed by atoms with Gasteiger partial charge in [0.2, 0.25) is 0 Å². The molecule has 0 amide bonds. The third kappa shape index (κ3) is 7.10. The van der Waals surface area contributed by atoms with Gasteiger partial charge in [0.15, 0.2) is 0 Å². The summed E-state index contributed by atoms with van der Waals surface area (Å²) < 4.78 is 52.3. The summed E-state index contributed by atoms with van der Waals surface area (Å²) in [7, 11) is 0. The van der Waals surface area contributed by atoms with E-state index in [1.807, 2.05) is 42.6 Å². The summed E-state index contributed by atoms with van der Waals surface area (Å²) in [6.45, 7) is -4.25. The maximum atomic E-state index is 7.62. The number of rotatable bonds is 4. The molecule has 44 heavy (non-hydrogen) atoms. The molecule has 0 fully saturated rings. The average molecular weight is 818 g/mol. The molecule has 221 valence electrons. The number of aryl methyl sites for hydroxylation is 2. The number of pyridine rings is 2. The van der Waals surface area contributed by atoms with Crippen LogP contribution >= 0.6 is 0 Å². The zero-order valence-electron chi connectivity index (χ0n) is 30.6. The molecule has 0 aliphatic carbocycles. The normalized spacial score (nSPS) is 13.7. The summed E-state index contributed by atoms with van der Waals surface area (Å²) in [5.41, 5.74) is 7.30. The van der Waals surface area contributed by atoms with Crippen molar-refractivity contribution in [3.05, 3.63) is 139 Å². The fraction of sp³-hybridized carbons (Fsp3) is 0.128. The zero-order valence-corrected chi connectivity index (χ0v) is 29.1. The molecule has 0 aliphatic heterocycles. The van der Waals surface area contributed by atoms with Crippen molar-refractivity contribution >= 4 is 39.6 Å². The molecule has 3 aromatic heterocycles. The number of hydrogen-bond acceptors (Lipinski definition) is 3. The van der Waals surface area contributed by atoms with E-state index in [4.69, 9.17) is 12.6 Å². The molecule has 7 aromatic rings. The molecule has 3 heterocycles. The van der Waals surface area contributed by atoms with Crippen molar-refractivity contribution in [2.75, 3.05) is 0 Å². The van der Waals surface area contributed by atoms with Crippen molar-refractivity contribution in [1.82, 2.24) is 9.97 Å². The van der Waals surface area contributed by atoms with Crippen molar-refractivity contribution in [2.45, 2.75) is 31.0 Å². The Bertz CT molecular complexity index is 2170. The van der Waals surface area contributed by atoms with Crippen LogP contribution in [0.25, 0.3) is 55.6 Å². The molecule has 5 heteroatoms. The Morgan fingerprint density at radius 2 is 1.48 bits per heavy atom. The smallest absolute Gasteiger partial charge is 0.121 e. The van der Waals surface area contributed by atoms with Gasteiger partial charge in [0, 0.05) is 35.8 Å². The third-order valence-corrected chi connectivity index (χ3v) is 11.5. The first-order chi connectivity index (χ1) is 23.2. The van der Waals surface area contributed by atoms with Gasteiger partial charge in [0.05, 0.1) is 5.58 Å². The minimum atomic E-state index is -2.17. The Morgan fingerprint density at radius 1 is 0.659 bits per heavy atom. The molecule has 0 saturated carbocycles. The number of nitrogens with zero attached hydrogens (tertiary/aromatic N) is 2. The van der Waals surface area contributed by atoms with E-state index in [-0.39, 0.29) is 25.7 Å². The molecular weight excluding hydrogens is 777 g/mol. The molecule has 0 saturated heterocycles. The maximum absolute atomic E-state index is 7.62. The minimum Gasteiger partial charge on any atom is -0.500 e. The molecule has 0 unspecified atom stereocenters. The second kappa shape index (κ2) is 13.4. The molecule has 0 N–H and O–H groups in total. The van der Waals surface area contributed by atoms with Crippen molar-refractivity contribution in [3.63, 3.8) is 0 Å². The van der Waals surface area contributed by atoms with Gasteiger partial charge in [0.25, 0.3) is 0 Å². The van der Waals surface area contributed by atoms with Gasteiger partial charge >= 0.3 is 110 Å². The van der Waals surface area contributed by atoms with E-state index in [1.165, 1.54) is 22.7 Å². The van der Waals surface area contributed by atoms with Crippen LogP contribution in [0.3, 0.4) is 0 Å². The number of fused-ring (bicyclic) bond motifs is 3.